The van der Waals surface area contributed by atoms with Crippen molar-refractivity contribution in [2.45, 2.75) is 32.8 Å². The van der Waals surface area contributed by atoms with E-state index in [1.54, 1.807) is 30.5 Å². The summed E-state index contributed by atoms with van der Waals surface area (Å²) in [5, 5.41) is 9.17. The van der Waals surface area contributed by atoms with Gasteiger partial charge in [0.2, 0.25) is 5.89 Å². The maximum absolute atomic E-state index is 11.2. The summed E-state index contributed by atoms with van der Waals surface area (Å²) in [5.41, 5.74) is 2.58. The molecule has 34 heavy (non-hydrogen) atoms. The third kappa shape index (κ3) is 5.43. The molecule has 0 aliphatic heterocycles. The van der Waals surface area contributed by atoms with Crippen molar-refractivity contribution in [2.24, 2.45) is 0 Å². The molecule has 0 spiro atoms. The molecule has 174 valence electrons. The molecule has 0 saturated heterocycles. The van der Waals surface area contributed by atoms with Crippen molar-refractivity contribution in [2.75, 3.05) is 6.61 Å². The zero-order valence-electron chi connectivity index (χ0n) is 19.3. The lowest BCUT2D eigenvalue weighted by Crippen LogP contribution is -2.37. The largest absolute Gasteiger partial charge is 0.493 e. The standard InChI is InChI=1S/C27H26N2O5/c1-18-24(14-16-32-22-10-12-23(13-11-22)34-27(2,3)26(30)31)29-25(33-18)20-8-6-19(7-9-20)21-5-4-15-28-17-21/h4-13,15,17H,14,16H2,1-3H3,(H,30,31). The number of aromatic nitrogens is 2. The molecular formula is C27H26N2O5. The Morgan fingerprint density at radius 2 is 1.65 bits per heavy atom. The fourth-order valence-corrected chi connectivity index (χ4v) is 3.33. The van der Waals surface area contributed by atoms with Crippen LogP contribution < -0.4 is 9.47 Å². The van der Waals surface area contributed by atoms with Crippen LogP contribution in [0.1, 0.15) is 25.3 Å². The maximum Gasteiger partial charge on any atom is 0.347 e. The van der Waals surface area contributed by atoms with Gasteiger partial charge in [0, 0.05) is 24.4 Å². The van der Waals surface area contributed by atoms with E-state index in [1.807, 2.05) is 49.5 Å². The van der Waals surface area contributed by atoms with Crippen LogP contribution in [0.4, 0.5) is 0 Å². The zero-order chi connectivity index (χ0) is 24.1. The van der Waals surface area contributed by atoms with E-state index in [-0.39, 0.29) is 0 Å². The first-order valence-electron chi connectivity index (χ1n) is 10.9. The number of oxazole rings is 1. The second-order valence-electron chi connectivity index (χ2n) is 8.33. The summed E-state index contributed by atoms with van der Waals surface area (Å²) in [6, 6.07) is 18.8. The second-order valence-corrected chi connectivity index (χ2v) is 8.33. The molecule has 4 aromatic rings. The van der Waals surface area contributed by atoms with Crippen molar-refractivity contribution in [3.05, 3.63) is 84.5 Å². The van der Waals surface area contributed by atoms with E-state index in [0.29, 0.717) is 30.4 Å². The monoisotopic (exact) mass is 458 g/mol. The topological polar surface area (TPSA) is 94.7 Å². The van der Waals surface area contributed by atoms with E-state index in [0.717, 1.165) is 28.1 Å². The van der Waals surface area contributed by atoms with Crippen molar-refractivity contribution in [1.82, 2.24) is 9.97 Å². The predicted octanol–water partition coefficient (Wildman–Crippen LogP) is 5.58. The predicted molar refractivity (Wildman–Crippen MR) is 128 cm³/mol. The third-order valence-corrected chi connectivity index (χ3v) is 5.34. The quantitative estimate of drug-likeness (QED) is 0.350. The number of ether oxygens (including phenoxy) is 2. The summed E-state index contributed by atoms with van der Waals surface area (Å²) in [7, 11) is 0. The van der Waals surface area contributed by atoms with Gasteiger partial charge >= 0.3 is 5.97 Å². The van der Waals surface area contributed by atoms with Gasteiger partial charge in [-0.25, -0.2) is 9.78 Å². The smallest absolute Gasteiger partial charge is 0.347 e. The maximum atomic E-state index is 11.2. The SMILES string of the molecule is Cc1oc(-c2ccc(-c3cccnc3)cc2)nc1CCOc1ccc(OC(C)(C)C(=O)O)cc1. The summed E-state index contributed by atoms with van der Waals surface area (Å²) in [5.74, 6) is 1.43. The summed E-state index contributed by atoms with van der Waals surface area (Å²) in [6.07, 6.45) is 4.18. The minimum Gasteiger partial charge on any atom is -0.493 e. The Morgan fingerprint density at radius 3 is 2.29 bits per heavy atom. The van der Waals surface area contributed by atoms with Crippen LogP contribution in [0.2, 0.25) is 0 Å². The van der Waals surface area contributed by atoms with E-state index in [9.17, 15) is 9.90 Å². The van der Waals surface area contributed by atoms with Crippen LogP contribution in [-0.2, 0) is 11.2 Å². The lowest BCUT2D eigenvalue weighted by molar-refractivity contribution is -0.152. The van der Waals surface area contributed by atoms with E-state index in [2.05, 4.69) is 9.97 Å². The van der Waals surface area contributed by atoms with Crippen LogP contribution in [0.5, 0.6) is 11.5 Å². The molecule has 7 nitrogen and oxygen atoms in total. The highest BCUT2D eigenvalue weighted by molar-refractivity contribution is 5.76. The molecule has 0 fully saturated rings. The van der Waals surface area contributed by atoms with Gasteiger partial charge in [0.05, 0.1) is 12.3 Å². The van der Waals surface area contributed by atoms with Gasteiger partial charge in [0.1, 0.15) is 17.3 Å². The van der Waals surface area contributed by atoms with Gasteiger partial charge in [-0.2, -0.15) is 0 Å². The summed E-state index contributed by atoms with van der Waals surface area (Å²) in [6.45, 7) is 5.33. The van der Waals surface area contributed by atoms with Gasteiger partial charge in [0.25, 0.3) is 0 Å². The van der Waals surface area contributed by atoms with Crippen molar-refractivity contribution in [1.29, 1.82) is 0 Å². The first-order valence-corrected chi connectivity index (χ1v) is 10.9. The van der Waals surface area contributed by atoms with Gasteiger partial charge in [-0.15, -0.1) is 0 Å². The Bertz CT molecular complexity index is 1250. The average molecular weight is 459 g/mol. The Hall–Kier alpha value is -4.13. The number of rotatable bonds is 9. The fourth-order valence-electron chi connectivity index (χ4n) is 3.33. The minimum atomic E-state index is -1.30. The third-order valence-electron chi connectivity index (χ3n) is 5.34. The molecule has 0 amide bonds. The van der Waals surface area contributed by atoms with E-state index < -0.39 is 11.6 Å². The molecular weight excluding hydrogens is 432 g/mol. The molecule has 2 heterocycles. The molecule has 0 aliphatic carbocycles. The summed E-state index contributed by atoms with van der Waals surface area (Å²) in [4.78, 5) is 20.0. The lowest BCUT2D eigenvalue weighted by Gasteiger charge is -2.21. The highest BCUT2D eigenvalue weighted by Crippen LogP contribution is 2.26. The van der Waals surface area contributed by atoms with Crippen LogP contribution >= 0.6 is 0 Å². The number of pyridine rings is 1. The first-order chi connectivity index (χ1) is 16.3. The molecule has 2 aromatic heterocycles. The average Bonchev–Trinajstić information content (AvgIpc) is 3.21. The second kappa shape index (κ2) is 9.79. The minimum absolute atomic E-state index is 0.424. The van der Waals surface area contributed by atoms with Crippen LogP contribution in [0.3, 0.4) is 0 Å². The van der Waals surface area contributed by atoms with E-state index in [1.165, 1.54) is 13.8 Å². The van der Waals surface area contributed by atoms with Crippen molar-refractivity contribution >= 4 is 5.97 Å². The molecule has 2 aromatic carbocycles. The number of aliphatic carboxylic acids is 1. The van der Waals surface area contributed by atoms with Crippen molar-refractivity contribution in [3.8, 4) is 34.1 Å². The number of carboxylic acids is 1. The number of hydrogen-bond acceptors (Lipinski definition) is 6. The van der Waals surface area contributed by atoms with Gasteiger partial charge in [0.15, 0.2) is 5.60 Å². The number of carbonyl (C=O) groups is 1. The molecule has 0 atom stereocenters. The Balaban J connectivity index is 1.34. The molecule has 0 unspecified atom stereocenters. The van der Waals surface area contributed by atoms with Crippen LogP contribution in [0.25, 0.3) is 22.6 Å². The van der Waals surface area contributed by atoms with Gasteiger partial charge in [-0.3, -0.25) is 4.98 Å². The summed E-state index contributed by atoms with van der Waals surface area (Å²) >= 11 is 0. The highest BCUT2D eigenvalue weighted by atomic mass is 16.5. The Morgan fingerprint density at radius 1 is 0.971 bits per heavy atom. The number of nitrogens with zero attached hydrogens (tertiary/aromatic N) is 2. The molecule has 7 heteroatoms. The van der Waals surface area contributed by atoms with E-state index in [4.69, 9.17) is 13.9 Å². The Kier molecular flexibility index (Phi) is 6.63. The van der Waals surface area contributed by atoms with Gasteiger partial charge in [-0.1, -0.05) is 18.2 Å². The van der Waals surface area contributed by atoms with Crippen LogP contribution in [-0.4, -0.2) is 33.3 Å². The molecule has 0 radical (unpaired) electrons. The van der Waals surface area contributed by atoms with Crippen molar-refractivity contribution in [3.63, 3.8) is 0 Å². The summed E-state index contributed by atoms with van der Waals surface area (Å²) < 4.78 is 17.2. The van der Waals surface area contributed by atoms with Crippen LogP contribution in [0.15, 0.2) is 77.5 Å². The van der Waals surface area contributed by atoms with Crippen LogP contribution in [0, 0.1) is 6.92 Å². The molecule has 0 aliphatic rings. The molecule has 0 bridgehead atoms. The number of aryl methyl sites for hydroxylation is 1. The first kappa shape index (κ1) is 23.0. The highest BCUT2D eigenvalue weighted by Gasteiger charge is 2.29. The van der Waals surface area contributed by atoms with Crippen molar-refractivity contribution < 1.29 is 23.8 Å². The van der Waals surface area contributed by atoms with Gasteiger partial charge in [-0.05, 0) is 74.4 Å². The van der Waals surface area contributed by atoms with Gasteiger partial charge < -0.3 is 19.0 Å². The molecule has 1 N–H and O–H groups in total. The Labute approximate surface area is 198 Å². The zero-order valence-corrected chi connectivity index (χ0v) is 19.3. The normalized spacial score (nSPS) is 11.3. The molecule has 0 saturated carbocycles. The number of hydrogen-bond donors (Lipinski definition) is 1. The van der Waals surface area contributed by atoms with E-state index >= 15 is 0 Å². The lowest BCUT2D eigenvalue weighted by atomic mass is 10.1. The molecule has 4 rings (SSSR count). The number of carboxylic acid groups (broad SMARTS) is 1. The number of benzene rings is 2. The fraction of sp³-hybridized carbons (Fsp3) is 0.222.